The number of carbonyl (C=O) groups excluding carboxylic acids is 2. The Hall–Kier alpha value is -2.35. The lowest BCUT2D eigenvalue weighted by Gasteiger charge is -2.57. The van der Waals surface area contributed by atoms with Crippen molar-refractivity contribution in [2.24, 2.45) is 17.3 Å². The van der Waals surface area contributed by atoms with Crippen molar-refractivity contribution < 1.29 is 36.3 Å². The van der Waals surface area contributed by atoms with Crippen LogP contribution in [0, 0.1) is 17.3 Å². The highest BCUT2D eigenvalue weighted by Crippen LogP contribution is 2.71. The summed E-state index contributed by atoms with van der Waals surface area (Å²) in [6, 6.07) is 6.81. The van der Waals surface area contributed by atoms with E-state index in [9.17, 15) is 22.8 Å². The molecule has 0 heterocycles. The van der Waals surface area contributed by atoms with Gasteiger partial charge in [-0.1, -0.05) is 36.8 Å². The van der Waals surface area contributed by atoms with E-state index in [1.165, 1.54) is 0 Å². The minimum atomic E-state index is -5.74. The minimum absolute atomic E-state index is 0.0596. The molecule has 0 aromatic heterocycles. The molecule has 4 aliphatic rings. The van der Waals surface area contributed by atoms with Crippen LogP contribution in [-0.4, -0.2) is 36.9 Å². The molecule has 3 nitrogen and oxygen atoms in total. The molecule has 0 radical (unpaired) electrons. The highest BCUT2D eigenvalue weighted by molar-refractivity contribution is 5.93. The topological polar surface area (TPSA) is 43.4 Å². The third kappa shape index (κ3) is 3.32. The van der Waals surface area contributed by atoms with Gasteiger partial charge in [-0.25, -0.2) is 0 Å². The van der Waals surface area contributed by atoms with Gasteiger partial charge >= 0.3 is 12.1 Å². The van der Waals surface area contributed by atoms with Crippen LogP contribution in [0.1, 0.15) is 73.7 Å². The molecule has 0 spiro atoms. The molecule has 2 fully saturated rings. The SMILES string of the molecule is CO[C@@]1(C(F)(F)C(F)(F)F)CC[C@H]2[C@@H]3CCC4=CC(=O)CCC4=C3C(c3ccc(C=O)cc3)C[C@@]21C. The van der Waals surface area contributed by atoms with Gasteiger partial charge in [0.05, 0.1) is 0 Å². The van der Waals surface area contributed by atoms with Gasteiger partial charge in [0, 0.05) is 30.4 Å². The van der Waals surface area contributed by atoms with Gasteiger partial charge in [0.25, 0.3) is 0 Å². The number of ketones is 1. The first-order valence-corrected chi connectivity index (χ1v) is 12.4. The number of benzene rings is 1. The molecule has 36 heavy (non-hydrogen) atoms. The summed E-state index contributed by atoms with van der Waals surface area (Å²) in [7, 11) is 0.976. The molecule has 194 valence electrons. The van der Waals surface area contributed by atoms with Crippen molar-refractivity contribution >= 4 is 12.1 Å². The molecule has 1 aromatic rings. The lowest BCUT2D eigenvalue weighted by Crippen LogP contribution is -2.66. The monoisotopic (exact) mass is 508 g/mol. The van der Waals surface area contributed by atoms with E-state index >= 15 is 8.78 Å². The maximum Gasteiger partial charge on any atom is 0.456 e. The predicted octanol–water partition coefficient (Wildman–Crippen LogP) is 6.98. The van der Waals surface area contributed by atoms with Crippen molar-refractivity contribution in [1.29, 1.82) is 0 Å². The van der Waals surface area contributed by atoms with E-state index in [2.05, 4.69) is 0 Å². The standard InChI is InChI=1S/C28H29F5O3/c1-25-14-22(17-5-3-16(15-34)4-6-17)24-20-10-8-19(35)13-18(20)7-9-21(24)23(25)11-12-26(25,36-2)27(29,30)28(31,32)33/h3-6,13,15,21-23H,7-12,14H2,1-2H3/t21-,22?,23-,25-,26-/m0/s1. The van der Waals surface area contributed by atoms with Gasteiger partial charge in [-0.05, 0) is 73.1 Å². The number of hydrogen-bond donors (Lipinski definition) is 0. The summed E-state index contributed by atoms with van der Waals surface area (Å²) in [5.74, 6) is -5.96. The molecule has 8 heteroatoms. The summed E-state index contributed by atoms with van der Waals surface area (Å²) in [6.07, 6.45) is -1.35. The number of methoxy groups -OCH3 is 1. The molecular weight excluding hydrogens is 479 g/mol. The van der Waals surface area contributed by atoms with Crippen LogP contribution in [0.15, 0.2) is 47.1 Å². The van der Waals surface area contributed by atoms with Crippen LogP contribution in [0.5, 0.6) is 0 Å². The lowest BCUT2D eigenvalue weighted by molar-refractivity contribution is -0.367. The summed E-state index contributed by atoms with van der Waals surface area (Å²) < 4.78 is 77.4. The van der Waals surface area contributed by atoms with Crippen molar-refractivity contribution in [2.75, 3.05) is 7.11 Å². The zero-order chi connectivity index (χ0) is 26.1. The van der Waals surface area contributed by atoms with Crippen LogP contribution in [0.2, 0.25) is 0 Å². The number of halogens is 5. The predicted molar refractivity (Wildman–Crippen MR) is 123 cm³/mol. The third-order valence-electron chi connectivity index (χ3n) is 9.54. The first kappa shape index (κ1) is 25.3. The molecule has 1 aromatic carbocycles. The molecule has 0 bridgehead atoms. The number of aldehydes is 1. The Morgan fingerprint density at radius 2 is 1.72 bits per heavy atom. The van der Waals surface area contributed by atoms with Crippen molar-refractivity contribution in [2.45, 2.75) is 75.5 Å². The fourth-order valence-corrected chi connectivity index (χ4v) is 7.96. The smallest absolute Gasteiger partial charge is 0.371 e. The van der Waals surface area contributed by atoms with Crippen LogP contribution in [-0.2, 0) is 9.53 Å². The molecule has 4 aliphatic carbocycles. The quantitative estimate of drug-likeness (QED) is 0.326. The fraction of sp³-hybridized carbons (Fsp3) is 0.571. The zero-order valence-corrected chi connectivity index (χ0v) is 20.3. The summed E-state index contributed by atoms with van der Waals surface area (Å²) >= 11 is 0. The van der Waals surface area contributed by atoms with Gasteiger partial charge in [-0.15, -0.1) is 0 Å². The minimum Gasteiger partial charge on any atom is -0.371 e. The Kier molecular flexibility index (Phi) is 5.86. The molecule has 0 N–H and O–H groups in total. The van der Waals surface area contributed by atoms with E-state index < -0.39 is 35.0 Å². The van der Waals surface area contributed by atoms with Crippen molar-refractivity contribution in [1.82, 2.24) is 0 Å². The van der Waals surface area contributed by atoms with Gasteiger partial charge in [-0.3, -0.25) is 9.59 Å². The Labute approximate surface area is 206 Å². The Morgan fingerprint density at radius 3 is 2.33 bits per heavy atom. The second-order valence-corrected chi connectivity index (χ2v) is 10.9. The van der Waals surface area contributed by atoms with Gasteiger partial charge < -0.3 is 4.74 Å². The molecule has 1 unspecified atom stereocenters. The fourth-order valence-electron chi connectivity index (χ4n) is 7.96. The van der Waals surface area contributed by atoms with E-state index in [1.54, 1.807) is 37.3 Å². The number of allylic oxidation sites excluding steroid dienone is 4. The lowest BCUT2D eigenvalue weighted by atomic mass is 9.50. The second-order valence-electron chi connectivity index (χ2n) is 10.9. The van der Waals surface area contributed by atoms with Crippen LogP contribution in [0.25, 0.3) is 0 Å². The zero-order valence-electron chi connectivity index (χ0n) is 20.3. The summed E-state index contributed by atoms with van der Waals surface area (Å²) in [5.41, 5.74) is 0.202. The van der Waals surface area contributed by atoms with Crippen LogP contribution in [0.3, 0.4) is 0 Å². The second kappa shape index (κ2) is 8.33. The van der Waals surface area contributed by atoms with E-state index in [4.69, 9.17) is 4.74 Å². The van der Waals surface area contributed by atoms with Gasteiger partial charge in [0.2, 0.25) is 0 Å². The molecule has 0 aliphatic heterocycles. The van der Waals surface area contributed by atoms with Crippen LogP contribution < -0.4 is 0 Å². The number of carbonyl (C=O) groups is 2. The first-order valence-electron chi connectivity index (χ1n) is 12.4. The molecule has 5 rings (SSSR count). The van der Waals surface area contributed by atoms with Gasteiger partial charge in [0.15, 0.2) is 5.78 Å². The number of alkyl halides is 5. The van der Waals surface area contributed by atoms with Gasteiger partial charge in [-0.2, -0.15) is 22.0 Å². The highest BCUT2D eigenvalue weighted by Gasteiger charge is 2.80. The number of hydrogen-bond acceptors (Lipinski definition) is 3. The summed E-state index contributed by atoms with van der Waals surface area (Å²) in [4.78, 5) is 23.3. The summed E-state index contributed by atoms with van der Waals surface area (Å²) in [6.45, 7) is 1.55. The Bertz CT molecular complexity index is 1150. The maximum absolute atomic E-state index is 15.3. The average Bonchev–Trinajstić information content (AvgIpc) is 3.15. The number of fused-ring (bicyclic) bond motifs is 4. The maximum atomic E-state index is 15.3. The largest absolute Gasteiger partial charge is 0.456 e. The van der Waals surface area contributed by atoms with E-state index in [1.807, 2.05) is 0 Å². The van der Waals surface area contributed by atoms with Crippen molar-refractivity contribution in [3.8, 4) is 0 Å². The Balaban J connectivity index is 1.71. The molecular formula is C28H29F5O3. The van der Waals surface area contributed by atoms with Crippen LogP contribution >= 0.6 is 0 Å². The normalized spacial score (nSPS) is 34.6. The molecule has 0 saturated heterocycles. The highest BCUT2D eigenvalue weighted by atomic mass is 19.4. The molecule has 5 atom stereocenters. The molecule has 0 amide bonds. The van der Waals surface area contributed by atoms with E-state index in [-0.39, 0.29) is 31.0 Å². The van der Waals surface area contributed by atoms with Gasteiger partial charge in [0.1, 0.15) is 11.9 Å². The average molecular weight is 509 g/mol. The Morgan fingerprint density at radius 1 is 1.03 bits per heavy atom. The third-order valence-corrected chi connectivity index (χ3v) is 9.54. The van der Waals surface area contributed by atoms with Crippen molar-refractivity contribution in [3.05, 3.63) is 58.2 Å². The number of ether oxygens (including phenoxy) is 1. The van der Waals surface area contributed by atoms with Crippen molar-refractivity contribution in [3.63, 3.8) is 0 Å². The summed E-state index contributed by atoms with van der Waals surface area (Å²) in [5, 5.41) is 0. The molecule has 2 saturated carbocycles. The van der Waals surface area contributed by atoms with E-state index in [0.29, 0.717) is 37.5 Å². The van der Waals surface area contributed by atoms with E-state index in [0.717, 1.165) is 29.4 Å². The number of rotatable bonds is 4. The van der Waals surface area contributed by atoms with Crippen LogP contribution in [0.4, 0.5) is 22.0 Å². The first-order chi connectivity index (χ1) is 16.9.